The van der Waals surface area contributed by atoms with Crippen LogP contribution in [-0.4, -0.2) is 7.11 Å². The van der Waals surface area contributed by atoms with Gasteiger partial charge in [-0.2, -0.15) is 4.57 Å². The molecule has 0 fully saturated rings. The molecule has 1 aromatic heterocycles. The highest BCUT2D eigenvalue weighted by molar-refractivity contribution is 5.62. The summed E-state index contributed by atoms with van der Waals surface area (Å²) in [6.45, 7) is 2.95. The van der Waals surface area contributed by atoms with Gasteiger partial charge in [-0.05, 0) is 61.0 Å². The third-order valence-electron chi connectivity index (χ3n) is 4.95. The first-order chi connectivity index (χ1) is 13.7. The summed E-state index contributed by atoms with van der Waals surface area (Å²) in [5, 5.41) is 0. The van der Waals surface area contributed by atoms with Gasteiger partial charge in [-0.1, -0.05) is 36.4 Å². The first-order valence-corrected chi connectivity index (χ1v) is 9.53. The number of nitrogens with zero attached hydrogens (tertiary/aromatic N) is 1. The number of aryl methyl sites for hydroxylation is 1. The second kappa shape index (κ2) is 8.10. The van der Waals surface area contributed by atoms with Gasteiger partial charge in [-0.25, -0.2) is 0 Å². The van der Waals surface area contributed by atoms with E-state index >= 15 is 0 Å². The Morgan fingerprint density at radius 3 is 1.64 bits per heavy atom. The van der Waals surface area contributed by atoms with E-state index in [2.05, 4.69) is 96.4 Å². The summed E-state index contributed by atoms with van der Waals surface area (Å²) < 4.78 is 7.72. The van der Waals surface area contributed by atoms with Gasteiger partial charge < -0.3 is 4.74 Å². The first-order valence-electron chi connectivity index (χ1n) is 9.53. The monoisotopic (exact) mass is 366 g/mol. The highest BCUT2D eigenvalue weighted by Gasteiger charge is 2.21. The van der Waals surface area contributed by atoms with Crippen molar-refractivity contribution in [2.45, 2.75) is 13.5 Å². The zero-order chi connectivity index (χ0) is 19.3. The number of methoxy groups -OCH3 is 1. The molecular weight excluding hydrogens is 342 g/mol. The fraction of sp³-hybridized carbons (Fsp3) is 0.115. The SMILES string of the molecule is COc1ccc(C[n+]2c(-c3ccccc3)cc(C)cc2-c2ccccc2)cc1. The molecule has 0 aliphatic carbocycles. The average molecular weight is 366 g/mol. The van der Waals surface area contributed by atoms with Crippen molar-refractivity contribution < 1.29 is 9.30 Å². The molecule has 28 heavy (non-hydrogen) atoms. The first kappa shape index (κ1) is 18.0. The van der Waals surface area contributed by atoms with E-state index in [-0.39, 0.29) is 0 Å². The fourth-order valence-corrected chi connectivity index (χ4v) is 3.54. The summed E-state index contributed by atoms with van der Waals surface area (Å²) >= 11 is 0. The zero-order valence-electron chi connectivity index (χ0n) is 16.3. The average Bonchev–Trinajstić information content (AvgIpc) is 2.76. The summed E-state index contributed by atoms with van der Waals surface area (Å²) in [6.07, 6.45) is 0. The van der Waals surface area contributed by atoms with Crippen LogP contribution in [0.4, 0.5) is 0 Å². The van der Waals surface area contributed by atoms with E-state index in [1.807, 2.05) is 12.1 Å². The van der Waals surface area contributed by atoms with E-state index in [1.54, 1.807) is 7.11 Å². The topological polar surface area (TPSA) is 13.1 Å². The Labute approximate surface area is 166 Å². The number of ether oxygens (including phenoxy) is 1. The van der Waals surface area contributed by atoms with Gasteiger partial charge in [0.2, 0.25) is 11.4 Å². The molecule has 0 saturated heterocycles. The third-order valence-corrected chi connectivity index (χ3v) is 4.95. The molecule has 0 spiro atoms. The van der Waals surface area contributed by atoms with Crippen molar-refractivity contribution in [1.82, 2.24) is 0 Å². The second-order valence-corrected chi connectivity index (χ2v) is 6.97. The minimum absolute atomic E-state index is 0.790. The van der Waals surface area contributed by atoms with Crippen LogP contribution in [0.5, 0.6) is 5.75 Å². The van der Waals surface area contributed by atoms with E-state index in [0.29, 0.717) is 0 Å². The molecular formula is C26H24NO+. The number of benzene rings is 3. The van der Waals surface area contributed by atoms with Crippen LogP contribution in [0.25, 0.3) is 22.5 Å². The molecule has 4 rings (SSSR count). The van der Waals surface area contributed by atoms with Crippen molar-refractivity contribution in [3.8, 4) is 28.3 Å². The van der Waals surface area contributed by atoms with Crippen molar-refractivity contribution in [2.75, 3.05) is 7.11 Å². The van der Waals surface area contributed by atoms with Gasteiger partial charge in [-0.15, -0.1) is 0 Å². The van der Waals surface area contributed by atoms with Crippen LogP contribution >= 0.6 is 0 Å². The van der Waals surface area contributed by atoms with E-state index in [1.165, 1.54) is 33.6 Å². The minimum Gasteiger partial charge on any atom is -0.497 e. The van der Waals surface area contributed by atoms with Crippen LogP contribution < -0.4 is 9.30 Å². The van der Waals surface area contributed by atoms with Crippen LogP contribution in [0.1, 0.15) is 11.1 Å². The number of rotatable bonds is 5. The van der Waals surface area contributed by atoms with Crippen LogP contribution in [0, 0.1) is 6.92 Å². The molecule has 0 amide bonds. The number of hydrogen-bond donors (Lipinski definition) is 0. The Balaban J connectivity index is 1.89. The molecule has 0 aliphatic rings. The molecule has 3 aromatic carbocycles. The quantitative estimate of drug-likeness (QED) is 0.415. The molecule has 2 heteroatoms. The Morgan fingerprint density at radius 1 is 0.679 bits per heavy atom. The van der Waals surface area contributed by atoms with Crippen LogP contribution in [0.3, 0.4) is 0 Å². The number of pyridine rings is 1. The zero-order valence-corrected chi connectivity index (χ0v) is 16.3. The predicted octanol–water partition coefficient (Wildman–Crippen LogP) is 5.67. The van der Waals surface area contributed by atoms with Gasteiger partial charge in [0, 0.05) is 28.8 Å². The highest BCUT2D eigenvalue weighted by Crippen LogP contribution is 2.24. The molecule has 2 nitrogen and oxygen atoms in total. The molecule has 1 heterocycles. The normalized spacial score (nSPS) is 10.6. The van der Waals surface area contributed by atoms with Crippen molar-refractivity contribution in [1.29, 1.82) is 0 Å². The molecule has 4 aromatic rings. The van der Waals surface area contributed by atoms with Crippen molar-refractivity contribution >= 4 is 0 Å². The summed E-state index contributed by atoms with van der Waals surface area (Å²) in [6, 6.07) is 34.1. The van der Waals surface area contributed by atoms with Crippen LogP contribution in [0.15, 0.2) is 97.1 Å². The van der Waals surface area contributed by atoms with Gasteiger partial charge in [0.05, 0.1) is 7.11 Å². The number of hydrogen-bond acceptors (Lipinski definition) is 1. The number of aromatic nitrogens is 1. The third kappa shape index (κ3) is 3.81. The lowest BCUT2D eigenvalue weighted by molar-refractivity contribution is -0.666. The van der Waals surface area contributed by atoms with E-state index in [0.717, 1.165) is 12.3 Å². The van der Waals surface area contributed by atoms with Crippen LogP contribution in [-0.2, 0) is 6.54 Å². The molecule has 0 aliphatic heterocycles. The molecule has 0 bridgehead atoms. The summed E-state index contributed by atoms with van der Waals surface area (Å²) in [5.41, 5.74) is 7.37. The lowest BCUT2D eigenvalue weighted by Gasteiger charge is -2.12. The van der Waals surface area contributed by atoms with E-state index in [4.69, 9.17) is 4.74 Å². The van der Waals surface area contributed by atoms with Crippen molar-refractivity contribution in [3.63, 3.8) is 0 Å². The summed E-state index contributed by atoms with van der Waals surface area (Å²) in [5.74, 6) is 0.879. The Morgan fingerprint density at radius 2 is 1.18 bits per heavy atom. The van der Waals surface area contributed by atoms with Gasteiger partial charge in [0.1, 0.15) is 5.75 Å². The van der Waals surface area contributed by atoms with Crippen LogP contribution in [0.2, 0.25) is 0 Å². The molecule has 0 N–H and O–H groups in total. The summed E-state index contributed by atoms with van der Waals surface area (Å²) in [4.78, 5) is 0. The minimum atomic E-state index is 0.790. The van der Waals surface area contributed by atoms with Gasteiger partial charge >= 0.3 is 0 Å². The Kier molecular flexibility index (Phi) is 5.20. The Hall–Kier alpha value is -3.39. The van der Waals surface area contributed by atoms with E-state index < -0.39 is 0 Å². The summed E-state index contributed by atoms with van der Waals surface area (Å²) in [7, 11) is 1.70. The lowest BCUT2D eigenvalue weighted by Crippen LogP contribution is -2.39. The smallest absolute Gasteiger partial charge is 0.213 e. The molecule has 0 atom stereocenters. The molecule has 0 unspecified atom stereocenters. The largest absolute Gasteiger partial charge is 0.497 e. The van der Waals surface area contributed by atoms with Crippen molar-refractivity contribution in [3.05, 3.63) is 108 Å². The lowest BCUT2D eigenvalue weighted by atomic mass is 10.0. The maximum atomic E-state index is 5.31. The fourth-order valence-electron chi connectivity index (χ4n) is 3.54. The maximum Gasteiger partial charge on any atom is 0.213 e. The predicted molar refractivity (Wildman–Crippen MR) is 114 cm³/mol. The molecule has 0 saturated carbocycles. The second-order valence-electron chi connectivity index (χ2n) is 6.97. The standard InChI is InChI=1S/C26H24NO/c1-20-17-25(22-9-5-3-6-10-22)27(19-21-13-15-24(28-2)16-14-21)26(18-20)23-11-7-4-8-12-23/h3-18H,19H2,1-2H3/q+1. The van der Waals surface area contributed by atoms with Gasteiger partial charge in [-0.3, -0.25) is 0 Å². The highest BCUT2D eigenvalue weighted by atomic mass is 16.5. The molecule has 138 valence electrons. The van der Waals surface area contributed by atoms with Gasteiger partial charge in [0.15, 0.2) is 6.54 Å². The maximum absolute atomic E-state index is 5.31. The molecule has 0 radical (unpaired) electrons. The van der Waals surface area contributed by atoms with E-state index in [9.17, 15) is 0 Å². The Bertz CT molecular complexity index is 994. The van der Waals surface area contributed by atoms with Gasteiger partial charge in [0.25, 0.3) is 0 Å². The van der Waals surface area contributed by atoms with Crippen molar-refractivity contribution in [2.24, 2.45) is 0 Å².